The number of benzene rings is 1. The van der Waals surface area contributed by atoms with E-state index in [2.05, 4.69) is 4.74 Å². The van der Waals surface area contributed by atoms with Gasteiger partial charge in [-0.2, -0.15) is 0 Å². The van der Waals surface area contributed by atoms with E-state index in [1.807, 2.05) is 0 Å². The number of esters is 1. The number of hydrogen-bond donors (Lipinski definition) is 0. The van der Waals surface area contributed by atoms with Crippen LogP contribution >= 0.6 is 18.7 Å². The molecule has 3 nitrogen and oxygen atoms in total. The first kappa shape index (κ1) is 12.3. The monoisotopic (exact) mass is 246 g/mol. The standard InChI is InChI=1S/C10H12ClO3P/c1-14-10(12)8-4-3-5-9(6-8)15(2,13)7-11/h3-6H,7H2,1-2H3. The van der Waals surface area contributed by atoms with Crippen LogP contribution in [0.25, 0.3) is 0 Å². The van der Waals surface area contributed by atoms with Crippen LogP contribution in [-0.4, -0.2) is 25.4 Å². The fourth-order valence-corrected chi connectivity index (χ4v) is 2.48. The van der Waals surface area contributed by atoms with E-state index < -0.39 is 13.1 Å². The van der Waals surface area contributed by atoms with Crippen molar-refractivity contribution in [1.82, 2.24) is 0 Å². The Morgan fingerprint density at radius 1 is 1.53 bits per heavy atom. The van der Waals surface area contributed by atoms with E-state index in [4.69, 9.17) is 11.6 Å². The summed E-state index contributed by atoms with van der Waals surface area (Å²) in [6.45, 7) is 1.59. The first-order valence-corrected chi connectivity index (χ1v) is 7.20. The zero-order chi connectivity index (χ0) is 11.5. The molecule has 15 heavy (non-hydrogen) atoms. The van der Waals surface area contributed by atoms with Gasteiger partial charge in [0.2, 0.25) is 0 Å². The fraction of sp³-hybridized carbons (Fsp3) is 0.300. The van der Waals surface area contributed by atoms with Crippen molar-refractivity contribution >= 4 is 30.0 Å². The third-order valence-corrected chi connectivity index (χ3v) is 5.24. The summed E-state index contributed by atoms with van der Waals surface area (Å²) < 4.78 is 16.5. The van der Waals surface area contributed by atoms with E-state index in [0.29, 0.717) is 10.9 Å². The first-order valence-electron chi connectivity index (χ1n) is 4.32. The lowest BCUT2D eigenvalue weighted by atomic mass is 10.2. The summed E-state index contributed by atoms with van der Waals surface area (Å²) in [7, 11) is -1.24. The molecule has 1 aromatic rings. The van der Waals surface area contributed by atoms with Crippen LogP contribution < -0.4 is 5.30 Å². The Balaban J connectivity index is 3.14. The van der Waals surface area contributed by atoms with Gasteiger partial charge in [0.1, 0.15) is 7.14 Å². The van der Waals surface area contributed by atoms with Crippen LogP contribution in [0.15, 0.2) is 24.3 Å². The van der Waals surface area contributed by atoms with Crippen molar-refractivity contribution in [1.29, 1.82) is 0 Å². The maximum absolute atomic E-state index is 12.0. The molecule has 0 bridgehead atoms. The van der Waals surface area contributed by atoms with Gasteiger partial charge in [-0.3, -0.25) is 0 Å². The molecule has 0 N–H and O–H groups in total. The van der Waals surface area contributed by atoms with E-state index in [1.165, 1.54) is 7.11 Å². The van der Waals surface area contributed by atoms with E-state index in [1.54, 1.807) is 30.9 Å². The number of rotatable bonds is 3. The highest BCUT2D eigenvalue weighted by Crippen LogP contribution is 2.40. The highest BCUT2D eigenvalue weighted by molar-refractivity contribution is 7.72. The predicted molar refractivity (Wildman–Crippen MR) is 61.7 cm³/mol. The summed E-state index contributed by atoms with van der Waals surface area (Å²) in [5.41, 5.74) is 0.458. The third kappa shape index (κ3) is 2.83. The van der Waals surface area contributed by atoms with Gasteiger partial charge in [-0.1, -0.05) is 12.1 Å². The molecule has 0 heterocycles. The summed E-state index contributed by atoms with van der Waals surface area (Å²) in [6.07, 6.45) is 0. The number of halogens is 1. The molecule has 1 aromatic carbocycles. The highest BCUT2D eigenvalue weighted by Gasteiger charge is 2.18. The molecule has 0 saturated carbocycles. The molecular weight excluding hydrogens is 235 g/mol. The molecule has 0 fully saturated rings. The Labute approximate surface area is 93.8 Å². The van der Waals surface area contributed by atoms with Crippen LogP contribution in [0.3, 0.4) is 0 Å². The van der Waals surface area contributed by atoms with E-state index >= 15 is 0 Å². The smallest absolute Gasteiger partial charge is 0.337 e. The Kier molecular flexibility index (Phi) is 3.95. The quantitative estimate of drug-likeness (QED) is 0.467. The summed E-state index contributed by atoms with van der Waals surface area (Å²) in [6, 6.07) is 6.55. The zero-order valence-corrected chi connectivity index (χ0v) is 10.2. The van der Waals surface area contributed by atoms with Crippen LogP contribution in [0.5, 0.6) is 0 Å². The number of hydrogen-bond acceptors (Lipinski definition) is 3. The zero-order valence-electron chi connectivity index (χ0n) is 8.57. The van der Waals surface area contributed by atoms with E-state index in [0.717, 1.165) is 0 Å². The second-order valence-corrected chi connectivity index (χ2v) is 6.94. The van der Waals surface area contributed by atoms with E-state index in [-0.39, 0.29) is 5.62 Å². The lowest BCUT2D eigenvalue weighted by molar-refractivity contribution is 0.0601. The average molecular weight is 247 g/mol. The number of alkyl halides is 1. The normalized spacial score (nSPS) is 14.3. The Morgan fingerprint density at radius 2 is 2.20 bits per heavy atom. The largest absolute Gasteiger partial charge is 0.465 e. The van der Waals surface area contributed by atoms with Crippen molar-refractivity contribution in [3.63, 3.8) is 0 Å². The molecule has 0 spiro atoms. The summed E-state index contributed by atoms with van der Waals surface area (Å²) in [5, 5.41) is 0.598. The third-order valence-electron chi connectivity index (χ3n) is 2.04. The predicted octanol–water partition coefficient (Wildman–Crippen LogP) is 2.29. The van der Waals surface area contributed by atoms with Gasteiger partial charge in [-0.25, -0.2) is 4.79 Å². The number of carbonyl (C=O) groups excluding carboxylic acids is 1. The highest BCUT2D eigenvalue weighted by atomic mass is 35.5. The molecule has 1 atom stereocenters. The molecule has 0 aliphatic carbocycles. The molecular formula is C10H12ClO3P. The molecule has 0 aliphatic rings. The van der Waals surface area contributed by atoms with E-state index in [9.17, 15) is 9.36 Å². The molecule has 0 aliphatic heterocycles. The van der Waals surface area contributed by atoms with Crippen LogP contribution in [0.2, 0.25) is 0 Å². The van der Waals surface area contributed by atoms with Crippen molar-refractivity contribution in [2.75, 3.05) is 19.4 Å². The van der Waals surface area contributed by atoms with Crippen molar-refractivity contribution in [2.45, 2.75) is 0 Å². The molecule has 5 heteroatoms. The Bertz CT molecular complexity index is 417. The number of ether oxygens (including phenoxy) is 1. The average Bonchev–Trinajstić information content (AvgIpc) is 2.28. The van der Waals surface area contributed by atoms with Gasteiger partial charge >= 0.3 is 5.97 Å². The minimum atomic E-state index is -2.55. The first-order chi connectivity index (χ1) is 7.01. The van der Waals surface area contributed by atoms with Crippen LogP contribution in [0, 0.1) is 0 Å². The summed E-state index contributed by atoms with van der Waals surface area (Å²) in [5.74, 6) is -0.438. The van der Waals surface area contributed by atoms with Crippen LogP contribution in [0.4, 0.5) is 0 Å². The summed E-state index contributed by atoms with van der Waals surface area (Å²) in [4.78, 5) is 11.2. The molecule has 0 saturated heterocycles. The van der Waals surface area contributed by atoms with Crippen molar-refractivity contribution in [3.8, 4) is 0 Å². The molecule has 1 unspecified atom stereocenters. The minimum Gasteiger partial charge on any atom is -0.465 e. The molecule has 82 valence electrons. The van der Waals surface area contributed by atoms with Gasteiger partial charge < -0.3 is 9.30 Å². The Morgan fingerprint density at radius 3 is 2.73 bits per heavy atom. The van der Waals surface area contributed by atoms with Gasteiger partial charge in [0.25, 0.3) is 0 Å². The van der Waals surface area contributed by atoms with Gasteiger partial charge in [-0.15, -0.1) is 11.6 Å². The molecule has 0 radical (unpaired) electrons. The maximum Gasteiger partial charge on any atom is 0.337 e. The molecule has 1 rings (SSSR count). The fourth-order valence-electron chi connectivity index (χ4n) is 1.11. The molecule has 0 amide bonds. The van der Waals surface area contributed by atoms with Gasteiger partial charge in [-0.05, 0) is 18.8 Å². The lowest BCUT2D eigenvalue weighted by Gasteiger charge is -2.10. The van der Waals surface area contributed by atoms with Gasteiger partial charge in [0.05, 0.1) is 18.3 Å². The SMILES string of the molecule is COC(=O)c1cccc(P(C)(=O)CCl)c1. The second-order valence-electron chi connectivity index (χ2n) is 3.26. The minimum absolute atomic E-state index is 0.0671. The van der Waals surface area contributed by atoms with Crippen molar-refractivity contribution in [2.24, 2.45) is 0 Å². The van der Waals surface area contributed by atoms with Crippen molar-refractivity contribution in [3.05, 3.63) is 29.8 Å². The second kappa shape index (κ2) is 4.82. The topological polar surface area (TPSA) is 43.4 Å². The number of methoxy groups -OCH3 is 1. The number of carbonyl (C=O) groups is 1. The van der Waals surface area contributed by atoms with Gasteiger partial charge in [0.15, 0.2) is 0 Å². The van der Waals surface area contributed by atoms with Crippen molar-refractivity contribution < 1.29 is 14.1 Å². The summed E-state index contributed by atoms with van der Waals surface area (Å²) >= 11 is 5.61. The maximum atomic E-state index is 12.0. The van der Waals surface area contributed by atoms with Gasteiger partial charge in [0, 0.05) is 5.30 Å². The Hall–Kier alpha value is -0.790. The van der Waals surface area contributed by atoms with Crippen LogP contribution in [0.1, 0.15) is 10.4 Å². The lowest BCUT2D eigenvalue weighted by Crippen LogP contribution is -2.09. The molecule has 0 aromatic heterocycles. The van der Waals surface area contributed by atoms with Crippen LogP contribution in [-0.2, 0) is 9.30 Å².